The standard InChI is InChI=1S/C18H13ClFNO3/c19-15-4-2-1-3-11(15)9-21-10-12(7-17(22)23)18(24)14-8-13(20)5-6-16(14)21/h1-6,8,10H,7,9H2,(H,22,23). The van der Waals surface area contributed by atoms with Gasteiger partial charge in [-0.2, -0.15) is 0 Å². The molecule has 1 aromatic heterocycles. The number of carboxylic acids is 1. The van der Waals surface area contributed by atoms with Crippen LogP contribution < -0.4 is 5.43 Å². The van der Waals surface area contributed by atoms with Crippen molar-refractivity contribution in [2.45, 2.75) is 13.0 Å². The maximum absolute atomic E-state index is 13.5. The highest BCUT2D eigenvalue weighted by Crippen LogP contribution is 2.20. The molecule has 1 N–H and O–H groups in total. The zero-order chi connectivity index (χ0) is 17.3. The van der Waals surface area contributed by atoms with Crippen LogP contribution in [0.25, 0.3) is 10.9 Å². The molecule has 3 rings (SSSR count). The van der Waals surface area contributed by atoms with Gasteiger partial charge in [-0.05, 0) is 29.8 Å². The molecule has 0 unspecified atom stereocenters. The van der Waals surface area contributed by atoms with E-state index in [-0.39, 0.29) is 10.9 Å². The van der Waals surface area contributed by atoms with Crippen LogP contribution in [0.4, 0.5) is 4.39 Å². The topological polar surface area (TPSA) is 59.3 Å². The minimum atomic E-state index is -1.12. The minimum absolute atomic E-state index is 0.104. The number of nitrogens with zero attached hydrogens (tertiary/aromatic N) is 1. The largest absolute Gasteiger partial charge is 0.481 e. The third kappa shape index (κ3) is 3.16. The zero-order valence-electron chi connectivity index (χ0n) is 12.5. The number of fused-ring (bicyclic) bond motifs is 1. The Bertz CT molecular complexity index is 997. The van der Waals surface area contributed by atoms with Gasteiger partial charge in [-0.1, -0.05) is 29.8 Å². The van der Waals surface area contributed by atoms with Gasteiger partial charge >= 0.3 is 5.97 Å². The first-order valence-corrected chi connectivity index (χ1v) is 7.60. The summed E-state index contributed by atoms with van der Waals surface area (Å²) >= 11 is 6.18. The zero-order valence-corrected chi connectivity index (χ0v) is 13.3. The number of halogens is 2. The number of pyridine rings is 1. The van der Waals surface area contributed by atoms with Gasteiger partial charge in [0.2, 0.25) is 0 Å². The number of hydrogen-bond acceptors (Lipinski definition) is 2. The van der Waals surface area contributed by atoms with Gasteiger partial charge in [0.15, 0.2) is 5.43 Å². The second-order valence-corrected chi connectivity index (χ2v) is 5.84. The van der Waals surface area contributed by atoms with E-state index in [0.29, 0.717) is 17.1 Å². The molecule has 0 spiro atoms. The van der Waals surface area contributed by atoms with Crippen LogP contribution in [-0.2, 0) is 17.8 Å². The Morgan fingerprint density at radius 3 is 2.62 bits per heavy atom. The molecule has 122 valence electrons. The van der Waals surface area contributed by atoms with Crippen LogP contribution in [-0.4, -0.2) is 15.6 Å². The van der Waals surface area contributed by atoms with Crippen molar-refractivity contribution in [3.63, 3.8) is 0 Å². The summed E-state index contributed by atoms with van der Waals surface area (Å²) < 4.78 is 15.3. The summed E-state index contributed by atoms with van der Waals surface area (Å²) in [6.45, 7) is 0.342. The van der Waals surface area contributed by atoms with Gasteiger partial charge in [-0.15, -0.1) is 0 Å². The van der Waals surface area contributed by atoms with E-state index >= 15 is 0 Å². The van der Waals surface area contributed by atoms with Crippen LogP contribution in [0.2, 0.25) is 5.02 Å². The molecule has 0 saturated carbocycles. The van der Waals surface area contributed by atoms with Crippen LogP contribution in [0.5, 0.6) is 0 Å². The quantitative estimate of drug-likeness (QED) is 0.787. The first-order chi connectivity index (χ1) is 11.5. The Morgan fingerprint density at radius 2 is 1.92 bits per heavy atom. The van der Waals surface area contributed by atoms with E-state index in [1.165, 1.54) is 18.3 Å². The lowest BCUT2D eigenvalue weighted by molar-refractivity contribution is -0.136. The van der Waals surface area contributed by atoms with Crippen LogP contribution in [0.3, 0.4) is 0 Å². The Kier molecular flexibility index (Phi) is 4.36. The first kappa shape index (κ1) is 16.2. The van der Waals surface area contributed by atoms with Crippen LogP contribution in [0.15, 0.2) is 53.5 Å². The van der Waals surface area contributed by atoms with Crippen molar-refractivity contribution in [2.24, 2.45) is 0 Å². The van der Waals surface area contributed by atoms with Gasteiger partial charge in [-0.25, -0.2) is 4.39 Å². The van der Waals surface area contributed by atoms with Crippen LogP contribution in [0, 0.1) is 5.82 Å². The third-order valence-electron chi connectivity index (χ3n) is 3.76. The van der Waals surface area contributed by atoms with Gasteiger partial charge in [0.1, 0.15) is 5.82 Å². The van der Waals surface area contributed by atoms with E-state index in [2.05, 4.69) is 0 Å². The number of hydrogen-bond donors (Lipinski definition) is 1. The van der Waals surface area contributed by atoms with E-state index in [0.717, 1.165) is 11.6 Å². The SMILES string of the molecule is O=C(O)Cc1cn(Cc2ccccc2Cl)c2ccc(F)cc2c1=O. The molecule has 3 aromatic rings. The van der Waals surface area contributed by atoms with Gasteiger partial charge in [0, 0.05) is 28.7 Å². The second-order valence-electron chi connectivity index (χ2n) is 5.43. The lowest BCUT2D eigenvalue weighted by atomic mass is 10.1. The summed E-state index contributed by atoms with van der Waals surface area (Å²) in [5.74, 6) is -1.66. The summed E-state index contributed by atoms with van der Waals surface area (Å²) in [6.07, 6.45) is 1.08. The number of benzene rings is 2. The molecule has 0 saturated heterocycles. The monoisotopic (exact) mass is 345 g/mol. The molecule has 24 heavy (non-hydrogen) atoms. The first-order valence-electron chi connectivity index (χ1n) is 7.22. The number of carboxylic acid groups (broad SMARTS) is 1. The number of carbonyl (C=O) groups is 1. The predicted octanol–water partition coefficient (Wildman–Crippen LogP) is 3.47. The lowest BCUT2D eigenvalue weighted by Gasteiger charge is -2.14. The molecule has 6 heteroatoms. The summed E-state index contributed by atoms with van der Waals surface area (Å²) in [5.41, 5.74) is 0.972. The highest BCUT2D eigenvalue weighted by Gasteiger charge is 2.13. The van der Waals surface area contributed by atoms with E-state index in [1.807, 2.05) is 12.1 Å². The molecule has 0 fully saturated rings. The fourth-order valence-electron chi connectivity index (χ4n) is 2.66. The van der Waals surface area contributed by atoms with Crippen molar-refractivity contribution < 1.29 is 14.3 Å². The number of rotatable bonds is 4. The van der Waals surface area contributed by atoms with Crippen molar-refractivity contribution in [2.75, 3.05) is 0 Å². The van der Waals surface area contributed by atoms with Gasteiger partial charge in [0.25, 0.3) is 0 Å². The van der Waals surface area contributed by atoms with Crippen molar-refractivity contribution in [3.8, 4) is 0 Å². The summed E-state index contributed by atoms with van der Waals surface area (Å²) in [6, 6.07) is 11.1. The molecule has 0 atom stereocenters. The minimum Gasteiger partial charge on any atom is -0.481 e. The summed E-state index contributed by atoms with van der Waals surface area (Å²) in [4.78, 5) is 23.4. The molecule has 0 aliphatic carbocycles. The Balaban J connectivity index is 2.22. The Hall–Kier alpha value is -2.66. The molecular weight excluding hydrogens is 333 g/mol. The van der Waals surface area contributed by atoms with E-state index in [4.69, 9.17) is 16.7 Å². The van der Waals surface area contributed by atoms with Crippen LogP contribution in [0.1, 0.15) is 11.1 Å². The fourth-order valence-corrected chi connectivity index (χ4v) is 2.86. The molecule has 1 heterocycles. The Labute approximate surface area is 141 Å². The summed E-state index contributed by atoms with van der Waals surface area (Å²) in [5, 5.41) is 9.71. The van der Waals surface area contributed by atoms with Crippen LogP contribution >= 0.6 is 11.6 Å². The third-order valence-corrected chi connectivity index (χ3v) is 4.12. The van der Waals surface area contributed by atoms with Crippen molar-refractivity contribution in [1.29, 1.82) is 0 Å². The molecule has 4 nitrogen and oxygen atoms in total. The fraction of sp³-hybridized carbons (Fsp3) is 0.111. The highest BCUT2D eigenvalue weighted by atomic mass is 35.5. The van der Waals surface area contributed by atoms with Gasteiger partial charge in [-0.3, -0.25) is 9.59 Å². The van der Waals surface area contributed by atoms with Crippen molar-refractivity contribution >= 4 is 28.5 Å². The Morgan fingerprint density at radius 1 is 1.17 bits per heavy atom. The number of aromatic nitrogens is 1. The molecule has 0 aliphatic heterocycles. The molecule has 2 aromatic carbocycles. The molecular formula is C18H13ClFNO3. The molecule has 0 bridgehead atoms. The molecule has 0 aliphatic rings. The molecule has 0 radical (unpaired) electrons. The average Bonchev–Trinajstić information content (AvgIpc) is 2.53. The lowest BCUT2D eigenvalue weighted by Crippen LogP contribution is -2.18. The van der Waals surface area contributed by atoms with Crippen molar-refractivity contribution in [1.82, 2.24) is 4.57 Å². The maximum Gasteiger partial charge on any atom is 0.308 e. The van der Waals surface area contributed by atoms with Gasteiger partial charge < -0.3 is 9.67 Å². The molecule has 0 amide bonds. The smallest absolute Gasteiger partial charge is 0.308 e. The highest BCUT2D eigenvalue weighted by molar-refractivity contribution is 6.31. The van der Waals surface area contributed by atoms with E-state index in [9.17, 15) is 14.0 Å². The second kappa shape index (κ2) is 6.45. The average molecular weight is 346 g/mol. The van der Waals surface area contributed by atoms with E-state index < -0.39 is 23.6 Å². The normalized spacial score (nSPS) is 10.9. The van der Waals surface area contributed by atoms with E-state index in [1.54, 1.807) is 16.7 Å². The number of aliphatic carboxylic acids is 1. The van der Waals surface area contributed by atoms with Gasteiger partial charge in [0.05, 0.1) is 11.9 Å². The summed E-state index contributed by atoms with van der Waals surface area (Å²) in [7, 11) is 0. The predicted molar refractivity (Wildman–Crippen MR) is 90.1 cm³/mol. The van der Waals surface area contributed by atoms with Crippen molar-refractivity contribution in [3.05, 3.63) is 80.9 Å². The maximum atomic E-state index is 13.5.